The summed E-state index contributed by atoms with van der Waals surface area (Å²) in [5.74, 6) is -0.211. The van der Waals surface area contributed by atoms with E-state index in [9.17, 15) is 18.0 Å². The van der Waals surface area contributed by atoms with Crippen LogP contribution in [0.5, 0.6) is 0 Å². The Bertz CT molecular complexity index is 415. The topological polar surface area (TPSA) is 47.3 Å². The molecular formula is C14H22F3N3O. The molecule has 0 bridgehead atoms. The van der Waals surface area contributed by atoms with Gasteiger partial charge in [-0.1, -0.05) is 6.92 Å². The second-order valence-electron chi connectivity index (χ2n) is 6.09. The number of hydrogen-bond donors (Lipinski definition) is 0. The minimum absolute atomic E-state index is 0.0331. The van der Waals surface area contributed by atoms with E-state index in [0.717, 1.165) is 0 Å². The van der Waals surface area contributed by atoms with Gasteiger partial charge in [-0.15, -0.1) is 0 Å². The first kappa shape index (κ1) is 17.8. The molecule has 1 fully saturated rings. The van der Waals surface area contributed by atoms with Crippen molar-refractivity contribution in [1.82, 2.24) is 9.80 Å². The first-order valence-electron chi connectivity index (χ1n) is 7.08. The zero-order valence-electron chi connectivity index (χ0n) is 12.7. The molecule has 0 saturated carbocycles. The number of nitrogens with zero attached hydrogens (tertiary/aromatic N) is 3. The summed E-state index contributed by atoms with van der Waals surface area (Å²) in [7, 11) is 0. The summed E-state index contributed by atoms with van der Waals surface area (Å²) < 4.78 is 37.3. The zero-order chi connectivity index (χ0) is 16.3. The first-order valence-corrected chi connectivity index (χ1v) is 7.08. The predicted molar refractivity (Wildman–Crippen MR) is 72.3 cm³/mol. The van der Waals surface area contributed by atoms with Crippen LogP contribution >= 0.6 is 0 Å². The van der Waals surface area contributed by atoms with Gasteiger partial charge in [0.25, 0.3) is 0 Å². The third kappa shape index (κ3) is 5.20. The van der Waals surface area contributed by atoms with Gasteiger partial charge in [0, 0.05) is 19.6 Å². The van der Waals surface area contributed by atoms with Gasteiger partial charge in [0.2, 0.25) is 5.91 Å². The van der Waals surface area contributed by atoms with E-state index in [-0.39, 0.29) is 11.8 Å². The molecule has 0 aromatic heterocycles. The van der Waals surface area contributed by atoms with E-state index >= 15 is 0 Å². The third-order valence-corrected chi connectivity index (χ3v) is 3.75. The zero-order valence-corrected chi connectivity index (χ0v) is 12.7. The number of nitriles is 1. The Hall–Kier alpha value is -1.29. The normalized spacial score (nSPS) is 19.9. The molecule has 1 unspecified atom stereocenters. The van der Waals surface area contributed by atoms with Crippen molar-refractivity contribution in [2.75, 3.05) is 32.7 Å². The van der Waals surface area contributed by atoms with Gasteiger partial charge in [-0.05, 0) is 32.7 Å². The maximum Gasteiger partial charge on any atom is 0.401 e. The predicted octanol–water partition coefficient (Wildman–Crippen LogP) is 2.27. The van der Waals surface area contributed by atoms with E-state index in [4.69, 9.17) is 5.26 Å². The van der Waals surface area contributed by atoms with Crippen LogP contribution in [-0.2, 0) is 4.79 Å². The Balaban J connectivity index is 2.55. The van der Waals surface area contributed by atoms with Gasteiger partial charge in [-0.3, -0.25) is 9.69 Å². The molecule has 1 rings (SSSR count). The van der Waals surface area contributed by atoms with Gasteiger partial charge in [0.15, 0.2) is 0 Å². The SMILES string of the molecule is CCN(CC1CCN(C(=O)C(C)(C)C#N)C1)CC(F)(F)F. The highest BCUT2D eigenvalue weighted by Gasteiger charge is 2.37. The van der Waals surface area contributed by atoms with Crippen LogP contribution < -0.4 is 0 Å². The highest BCUT2D eigenvalue weighted by molar-refractivity contribution is 5.84. The number of likely N-dealkylation sites (tertiary alicyclic amines) is 1. The lowest BCUT2D eigenvalue weighted by molar-refractivity contribution is -0.147. The fourth-order valence-corrected chi connectivity index (χ4v) is 2.53. The fourth-order valence-electron chi connectivity index (χ4n) is 2.53. The third-order valence-electron chi connectivity index (χ3n) is 3.75. The monoisotopic (exact) mass is 305 g/mol. The first-order chi connectivity index (χ1) is 9.59. The van der Waals surface area contributed by atoms with Crippen LogP contribution in [0.25, 0.3) is 0 Å². The van der Waals surface area contributed by atoms with Crippen LogP contribution in [0.4, 0.5) is 13.2 Å². The van der Waals surface area contributed by atoms with Crippen molar-refractivity contribution in [2.24, 2.45) is 11.3 Å². The Morgan fingerprint density at radius 3 is 2.52 bits per heavy atom. The molecule has 7 heteroatoms. The maximum atomic E-state index is 12.4. The van der Waals surface area contributed by atoms with Crippen molar-refractivity contribution >= 4 is 5.91 Å². The molecule has 0 spiro atoms. The molecule has 0 radical (unpaired) electrons. The van der Waals surface area contributed by atoms with Crippen LogP contribution in [0.2, 0.25) is 0 Å². The molecule has 0 N–H and O–H groups in total. The number of carbonyl (C=O) groups is 1. The quantitative estimate of drug-likeness (QED) is 0.783. The van der Waals surface area contributed by atoms with Crippen molar-refractivity contribution in [1.29, 1.82) is 5.26 Å². The summed E-state index contributed by atoms with van der Waals surface area (Å²) in [5.41, 5.74) is -1.08. The molecule has 1 heterocycles. The summed E-state index contributed by atoms with van der Waals surface area (Å²) in [4.78, 5) is 15.1. The van der Waals surface area contributed by atoms with Crippen LogP contribution in [0, 0.1) is 22.7 Å². The Labute approximate surface area is 123 Å². The molecule has 4 nitrogen and oxygen atoms in total. The Kier molecular flexibility index (Phi) is 5.62. The van der Waals surface area contributed by atoms with E-state index in [1.807, 2.05) is 6.07 Å². The van der Waals surface area contributed by atoms with Crippen molar-refractivity contribution in [3.05, 3.63) is 0 Å². The van der Waals surface area contributed by atoms with Crippen LogP contribution in [0.3, 0.4) is 0 Å². The van der Waals surface area contributed by atoms with E-state index in [2.05, 4.69) is 0 Å². The van der Waals surface area contributed by atoms with E-state index in [0.29, 0.717) is 32.6 Å². The second-order valence-corrected chi connectivity index (χ2v) is 6.09. The summed E-state index contributed by atoms with van der Waals surface area (Å²) in [6.07, 6.45) is -3.52. The molecule has 21 heavy (non-hydrogen) atoms. The highest BCUT2D eigenvalue weighted by atomic mass is 19.4. The van der Waals surface area contributed by atoms with Gasteiger partial charge < -0.3 is 4.90 Å². The highest BCUT2D eigenvalue weighted by Crippen LogP contribution is 2.25. The Morgan fingerprint density at radius 2 is 2.05 bits per heavy atom. The molecule has 0 aromatic carbocycles. The number of rotatable bonds is 5. The van der Waals surface area contributed by atoms with Crippen LogP contribution in [0.1, 0.15) is 27.2 Å². The van der Waals surface area contributed by atoms with E-state index in [1.165, 1.54) is 4.90 Å². The van der Waals surface area contributed by atoms with E-state index in [1.54, 1.807) is 25.7 Å². The van der Waals surface area contributed by atoms with Crippen LogP contribution in [-0.4, -0.2) is 54.6 Å². The molecule has 0 aromatic rings. The van der Waals surface area contributed by atoms with Gasteiger partial charge >= 0.3 is 6.18 Å². The summed E-state index contributed by atoms with van der Waals surface area (Å²) in [6.45, 7) is 5.49. The lowest BCUT2D eigenvalue weighted by Gasteiger charge is -2.26. The molecule has 1 aliphatic heterocycles. The van der Waals surface area contributed by atoms with Crippen molar-refractivity contribution in [3.8, 4) is 6.07 Å². The number of amides is 1. The molecule has 1 saturated heterocycles. The van der Waals surface area contributed by atoms with Gasteiger partial charge in [-0.2, -0.15) is 18.4 Å². The molecule has 120 valence electrons. The maximum absolute atomic E-state index is 12.4. The Morgan fingerprint density at radius 1 is 1.43 bits per heavy atom. The fraction of sp³-hybridized carbons (Fsp3) is 0.857. The summed E-state index contributed by atoms with van der Waals surface area (Å²) in [6, 6.07) is 1.97. The van der Waals surface area contributed by atoms with Gasteiger partial charge in [-0.25, -0.2) is 0 Å². The van der Waals surface area contributed by atoms with Crippen molar-refractivity contribution in [3.63, 3.8) is 0 Å². The molecule has 0 aliphatic carbocycles. The molecule has 1 atom stereocenters. The summed E-state index contributed by atoms with van der Waals surface area (Å²) >= 11 is 0. The van der Waals surface area contributed by atoms with Crippen LogP contribution in [0.15, 0.2) is 0 Å². The minimum atomic E-state index is -4.20. The van der Waals surface area contributed by atoms with Gasteiger partial charge in [0.05, 0.1) is 12.6 Å². The molecule has 1 amide bonds. The van der Waals surface area contributed by atoms with Crippen molar-refractivity contribution in [2.45, 2.75) is 33.4 Å². The van der Waals surface area contributed by atoms with Gasteiger partial charge in [0.1, 0.15) is 5.41 Å². The number of carbonyl (C=O) groups excluding carboxylic acids is 1. The average molecular weight is 305 g/mol. The standard InChI is InChI=1S/C14H22F3N3O/c1-4-19(10-14(15,16)17)7-11-5-6-20(8-11)12(21)13(2,3)9-18/h11H,4-8,10H2,1-3H3. The number of alkyl halides is 3. The lowest BCUT2D eigenvalue weighted by atomic mass is 9.94. The minimum Gasteiger partial charge on any atom is -0.341 e. The number of hydrogen-bond acceptors (Lipinski definition) is 3. The average Bonchev–Trinajstić information content (AvgIpc) is 2.83. The largest absolute Gasteiger partial charge is 0.401 e. The second kappa shape index (κ2) is 6.65. The lowest BCUT2D eigenvalue weighted by Crippen LogP contribution is -2.41. The smallest absolute Gasteiger partial charge is 0.341 e. The molecular weight excluding hydrogens is 283 g/mol. The number of halogens is 3. The van der Waals surface area contributed by atoms with Crippen molar-refractivity contribution < 1.29 is 18.0 Å². The molecule has 1 aliphatic rings. The summed E-state index contributed by atoms with van der Waals surface area (Å²) in [5, 5.41) is 8.97. The van der Waals surface area contributed by atoms with E-state index < -0.39 is 18.1 Å².